The van der Waals surface area contributed by atoms with Crippen molar-refractivity contribution in [3.63, 3.8) is 0 Å². The zero-order valence-electron chi connectivity index (χ0n) is 11.4. The highest BCUT2D eigenvalue weighted by atomic mass is 16.1. The number of nitrogens with zero attached hydrogens (tertiary/aromatic N) is 1. The first-order chi connectivity index (χ1) is 9.86. The van der Waals surface area contributed by atoms with Crippen molar-refractivity contribution in [2.75, 3.05) is 31.1 Å². The number of nitrogens with one attached hydrogen (secondary N) is 1. The second-order valence-corrected chi connectivity index (χ2v) is 4.95. The van der Waals surface area contributed by atoms with Gasteiger partial charge in [0.15, 0.2) is 5.78 Å². The summed E-state index contributed by atoms with van der Waals surface area (Å²) in [5.74, 6) is 0.0970. The van der Waals surface area contributed by atoms with Crippen LogP contribution in [0.4, 0.5) is 5.69 Å². The molecule has 0 aromatic heterocycles. The van der Waals surface area contributed by atoms with E-state index in [1.165, 1.54) is 0 Å². The molecule has 0 aliphatic carbocycles. The highest BCUT2D eigenvalue weighted by molar-refractivity contribution is 6.12. The second kappa shape index (κ2) is 5.88. The van der Waals surface area contributed by atoms with Gasteiger partial charge in [0.2, 0.25) is 0 Å². The summed E-state index contributed by atoms with van der Waals surface area (Å²) in [7, 11) is 0. The fourth-order valence-electron chi connectivity index (χ4n) is 2.59. The van der Waals surface area contributed by atoms with E-state index in [0.29, 0.717) is 0 Å². The van der Waals surface area contributed by atoms with Gasteiger partial charge < -0.3 is 10.2 Å². The van der Waals surface area contributed by atoms with E-state index in [0.717, 1.165) is 43.0 Å². The third kappa shape index (κ3) is 2.58. The highest BCUT2D eigenvalue weighted by Gasteiger charge is 2.18. The maximum Gasteiger partial charge on any atom is 0.195 e. The van der Waals surface area contributed by atoms with E-state index in [1.807, 2.05) is 54.6 Å². The minimum Gasteiger partial charge on any atom is -0.368 e. The Kier molecular flexibility index (Phi) is 3.79. The molecule has 0 atom stereocenters. The van der Waals surface area contributed by atoms with Crippen molar-refractivity contribution in [2.24, 2.45) is 0 Å². The van der Waals surface area contributed by atoms with Gasteiger partial charge in [-0.1, -0.05) is 42.5 Å². The average Bonchev–Trinajstić information content (AvgIpc) is 2.56. The van der Waals surface area contributed by atoms with Gasteiger partial charge in [0.05, 0.1) is 0 Å². The van der Waals surface area contributed by atoms with Gasteiger partial charge in [-0.3, -0.25) is 4.79 Å². The molecule has 0 bridgehead atoms. The van der Waals surface area contributed by atoms with E-state index < -0.39 is 0 Å². The first-order valence-electron chi connectivity index (χ1n) is 7.01. The van der Waals surface area contributed by atoms with Gasteiger partial charge in [0, 0.05) is 43.0 Å². The number of carbonyl (C=O) groups excluding carboxylic acids is 1. The van der Waals surface area contributed by atoms with E-state index >= 15 is 0 Å². The lowest BCUT2D eigenvalue weighted by Gasteiger charge is -2.30. The molecule has 1 fully saturated rings. The van der Waals surface area contributed by atoms with Crippen LogP contribution in [0.25, 0.3) is 0 Å². The maximum absolute atomic E-state index is 12.7. The summed E-state index contributed by atoms with van der Waals surface area (Å²) >= 11 is 0. The number of para-hydroxylation sites is 1. The standard InChI is InChI=1S/C17H18N2O/c20-17(14-6-2-1-3-7-14)15-8-4-5-9-16(15)19-12-10-18-11-13-19/h1-9,18H,10-13H2. The van der Waals surface area contributed by atoms with Crippen molar-refractivity contribution in [3.05, 3.63) is 65.7 Å². The van der Waals surface area contributed by atoms with Crippen LogP contribution in [0.1, 0.15) is 15.9 Å². The topological polar surface area (TPSA) is 32.3 Å². The van der Waals surface area contributed by atoms with Crippen LogP contribution in [0.15, 0.2) is 54.6 Å². The minimum absolute atomic E-state index is 0.0970. The molecule has 1 saturated heterocycles. The van der Waals surface area contributed by atoms with E-state index in [9.17, 15) is 4.79 Å². The van der Waals surface area contributed by atoms with Crippen LogP contribution in [-0.2, 0) is 0 Å². The fraction of sp³-hybridized carbons (Fsp3) is 0.235. The Morgan fingerprint density at radius 2 is 1.55 bits per heavy atom. The number of anilines is 1. The molecule has 1 N–H and O–H groups in total. The predicted molar refractivity (Wildman–Crippen MR) is 81.4 cm³/mol. The monoisotopic (exact) mass is 266 g/mol. The summed E-state index contributed by atoms with van der Waals surface area (Å²) in [6, 6.07) is 17.4. The van der Waals surface area contributed by atoms with Crippen molar-refractivity contribution in [1.29, 1.82) is 0 Å². The molecule has 3 heteroatoms. The van der Waals surface area contributed by atoms with Gasteiger partial charge in [-0.05, 0) is 12.1 Å². The number of carbonyl (C=O) groups is 1. The molecular weight excluding hydrogens is 248 g/mol. The summed E-state index contributed by atoms with van der Waals surface area (Å²) < 4.78 is 0. The number of ketones is 1. The second-order valence-electron chi connectivity index (χ2n) is 4.95. The SMILES string of the molecule is O=C(c1ccccc1)c1ccccc1N1CCNCC1. The maximum atomic E-state index is 12.7. The normalized spacial score (nSPS) is 15.1. The molecule has 0 spiro atoms. The molecule has 102 valence electrons. The zero-order valence-corrected chi connectivity index (χ0v) is 11.4. The Morgan fingerprint density at radius 1 is 0.900 bits per heavy atom. The lowest BCUT2D eigenvalue weighted by molar-refractivity contribution is 0.103. The number of rotatable bonds is 3. The van der Waals surface area contributed by atoms with Gasteiger partial charge >= 0.3 is 0 Å². The van der Waals surface area contributed by atoms with Crippen LogP contribution in [0.3, 0.4) is 0 Å². The molecule has 1 aliphatic rings. The Hall–Kier alpha value is -2.13. The van der Waals surface area contributed by atoms with Gasteiger partial charge in [0.25, 0.3) is 0 Å². The Morgan fingerprint density at radius 3 is 2.30 bits per heavy atom. The summed E-state index contributed by atoms with van der Waals surface area (Å²) in [4.78, 5) is 15.0. The van der Waals surface area contributed by atoms with Crippen LogP contribution in [0.5, 0.6) is 0 Å². The summed E-state index contributed by atoms with van der Waals surface area (Å²) in [5.41, 5.74) is 2.58. The van der Waals surface area contributed by atoms with Crippen molar-refractivity contribution < 1.29 is 4.79 Å². The molecule has 20 heavy (non-hydrogen) atoms. The molecular formula is C17H18N2O. The molecule has 2 aromatic rings. The third-order valence-corrected chi connectivity index (χ3v) is 3.64. The van der Waals surface area contributed by atoms with Crippen LogP contribution >= 0.6 is 0 Å². The minimum atomic E-state index is 0.0970. The summed E-state index contributed by atoms with van der Waals surface area (Å²) in [5, 5.41) is 3.34. The van der Waals surface area contributed by atoms with Gasteiger partial charge in [-0.2, -0.15) is 0 Å². The molecule has 0 unspecified atom stereocenters. The fourth-order valence-corrected chi connectivity index (χ4v) is 2.59. The number of benzene rings is 2. The third-order valence-electron chi connectivity index (χ3n) is 3.64. The Labute approximate surface area is 119 Å². The quantitative estimate of drug-likeness (QED) is 0.865. The predicted octanol–water partition coefficient (Wildman–Crippen LogP) is 2.33. The van der Waals surface area contributed by atoms with Crippen molar-refractivity contribution in [3.8, 4) is 0 Å². The molecule has 0 amide bonds. The van der Waals surface area contributed by atoms with E-state index in [-0.39, 0.29) is 5.78 Å². The van der Waals surface area contributed by atoms with E-state index in [2.05, 4.69) is 10.2 Å². The first kappa shape index (κ1) is 12.9. The Balaban J connectivity index is 1.95. The van der Waals surface area contributed by atoms with Crippen LogP contribution in [0.2, 0.25) is 0 Å². The molecule has 3 nitrogen and oxygen atoms in total. The summed E-state index contributed by atoms with van der Waals surface area (Å²) in [6.07, 6.45) is 0. The highest BCUT2D eigenvalue weighted by Crippen LogP contribution is 2.23. The van der Waals surface area contributed by atoms with Crippen molar-refractivity contribution in [2.45, 2.75) is 0 Å². The molecule has 1 aliphatic heterocycles. The zero-order chi connectivity index (χ0) is 13.8. The lowest BCUT2D eigenvalue weighted by atomic mass is 10.0. The first-order valence-corrected chi connectivity index (χ1v) is 7.01. The number of hydrogen-bond acceptors (Lipinski definition) is 3. The molecule has 0 radical (unpaired) electrons. The number of hydrogen-bond donors (Lipinski definition) is 1. The van der Waals surface area contributed by atoms with Gasteiger partial charge in [-0.25, -0.2) is 0 Å². The summed E-state index contributed by atoms with van der Waals surface area (Å²) in [6.45, 7) is 3.82. The van der Waals surface area contributed by atoms with E-state index in [4.69, 9.17) is 0 Å². The molecule has 2 aromatic carbocycles. The van der Waals surface area contributed by atoms with Crippen molar-refractivity contribution in [1.82, 2.24) is 5.32 Å². The smallest absolute Gasteiger partial charge is 0.195 e. The molecule has 0 saturated carbocycles. The van der Waals surface area contributed by atoms with Crippen LogP contribution in [0, 0.1) is 0 Å². The van der Waals surface area contributed by atoms with Crippen LogP contribution in [-0.4, -0.2) is 32.0 Å². The van der Waals surface area contributed by atoms with Gasteiger partial charge in [-0.15, -0.1) is 0 Å². The molecule has 1 heterocycles. The molecule has 3 rings (SSSR count). The van der Waals surface area contributed by atoms with Gasteiger partial charge in [0.1, 0.15) is 0 Å². The van der Waals surface area contributed by atoms with E-state index in [1.54, 1.807) is 0 Å². The lowest BCUT2D eigenvalue weighted by Crippen LogP contribution is -2.44. The largest absolute Gasteiger partial charge is 0.368 e. The Bertz CT molecular complexity index is 589. The number of piperazine rings is 1. The average molecular weight is 266 g/mol. The van der Waals surface area contributed by atoms with Crippen LogP contribution < -0.4 is 10.2 Å². The van der Waals surface area contributed by atoms with Crippen molar-refractivity contribution >= 4 is 11.5 Å².